The normalized spacial score (nSPS) is 27.2. The van der Waals surface area contributed by atoms with Gasteiger partial charge in [0.05, 0.1) is 28.9 Å². The molecule has 2 aliphatic carbocycles. The van der Waals surface area contributed by atoms with Crippen LogP contribution >= 0.6 is 11.6 Å². The Morgan fingerprint density at radius 1 is 0.820 bits per heavy atom. The van der Waals surface area contributed by atoms with Crippen LogP contribution in [-0.2, 0) is 31.0 Å². The van der Waals surface area contributed by atoms with Crippen molar-refractivity contribution in [2.75, 3.05) is 11.4 Å². The fourth-order valence-electron chi connectivity index (χ4n) is 9.04. The molecule has 6 unspecified atom stereocenters. The number of nitrogens with zero attached hydrogens (tertiary/aromatic N) is 2. The number of phenolic OH excluding ortho intramolecular Hbond substituents is 2. The van der Waals surface area contributed by atoms with Gasteiger partial charge in [-0.1, -0.05) is 83.9 Å². The molecule has 8 nitrogen and oxygen atoms in total. The number of benzene rings is 4. The number of hydrogen-bond donors (Lipinski definition) is 2. The minimum atomic E-state index is -1.62. The second-order valence-corrected chi connectivity index (χ2v) is 14.0. The van der Waals surface area contributed by atoms with Crippen LogP contribution in [-0.4, -0.2) is 45.3 Å². The topological polar surface area (TPSA) is 115 Å². The molecule has 2 heterocycles. The number of carbonyl (C=O) groups is 4. The van der Waals surface area contributed by atoms with Crippen molar-refractivity contribution in [2.24, 2.45) is 23.7 Å². The Bertz CT molecular complexity index is 2100. The number of rotatable bonds is 6. The average molecular weight is 691 g/mol. The Morgan fingerprint density at radius 2 is 1.56 bits per heavy atom. The van der Waals surface area contributed by atoms with E-state index in [9.17, 15) is 24.6 Å². The summed E-state index contributed by atoms with van der Waals surface area (Å²) in [6.45, 7) is 0.142. The molecule has 0 radical (unpaired) electrons. The third-order valence-corrected chi connectivity index (χ3v) is 11.4. The number of imide groups is 2. The maximum absolute atomic E-state index is 15.2. The van der Waals surface area contributed by atoms with Crippen LogP contribution < -0.4 is 4.90 Å². The summed E-state index contributed by atoms with van der Waals surface area (Å²) in [6.07, 6.45) is 2.56. The first-order valence-electron chi connectivity index (χ1n) is 16.6. The SMILES string of the molecule is O=C1C2CC=C3C(CC4C(=O)N(c5cccc(Cl)c5)C(=O)C4(c4ccccc4)C3c3cccc(F)c3O)C2C(=O)N1CCc1ccc(O)cc1. The fraction of sp³-hybridized carbons (Fsp3) is 0.250. The van der Waals surface area contributed by atoms with Gasteiger partial charge in [-0.3, -0.25) is 24.1 Å². The molecule has 4 aromatic rings. The van der Waals surface area contributed by atoms with Gasteiger partial charge in [0.2, 0.25) is 23.6 Å². The van der Waals surface area contributed by atoms with Gasteiger partial charge in [-0.25, -0.2) is 9.29 Å². The zero-order valence-electron chi connectivity index (χ0n) is 26.7. The van der Waals surface area contributed by atoms with Gasteiger partial charge in [-0.15, -0.1) is 0 Å². The van der Waals surface area contributed by atoms with E-state index < -0.39 is 58.4 Å². The molecule has 8 rings (SSSR count). The molecule has 10 heteroatoms. The molecule has 0 aromatic heterocycles. The molecule has 252 valence electrons. The lowest BCUT2D eigenvalue weighted by Crippen LogP contribution is -2.53. The van der Waals surface area contributed by atoms with Crippen LogP contribution in [0.4, 0.5) is 10.1 Å². The molecule has 50 heavy (non-hydrogen) atoms. The quantitative estimate of drug-likeness (QED) is 0.181. The van der Waals surface area contributed by atoms with E-state index in [1.807, 2.05) is 6.08 Å². The summed E-state index contributed by atoms with van der Waals surface area (Å²) < 4.78 is 15.2. The van der Waals surface area contributed by atoms with Crippen molar-refractivity contribution < 1.29 is 33.8 Å². The highest BCUT2D eigenvalue weighted by atomic mass is 35.5. The highest BCUT2D eigenvalue weighted by Gasteiger charge is 2.70. The molecule has 4 amide bonds. The second kappa shape index (κ2) is 11.9. The maximum atomic E-state index is 15.2. The van der Waals surface area contributed by atoms with Crippen molar-refractivity contribution in [1.29, 1.82) is 0 Å². The molecule has 2 saturated heterocycles. The van der Waals surface area contributed by atoms with E-state index >= 15 is 9.18 Å². The Kier molecular flexibility index (Phi) is 7.64. The predicted octanol–water partition coefficient (Wildman–Crippen LogP) is 6.30. The maximum Gasteiger partial charge on any atom is 0.246 e. The number of anilines is 1. The largest absolute Gasteiger partial charge is 0.508 e. The Balaban J connectivity index is 1.29. The molecule has 4 aliphatic rings. The average Bonchev–Trinajstić information content (AvgIpc) is 3.50. The van der Waals surface area contributed by atoms with Crippen LogP contribution in [0.2, 0.25) is 5.02 Å². The lowest BCUT2D eigenvalue weighted by molar-refractivity contribution is -0.140. The molecular formula is C40H32ClFN2O6. The van der Waals surface area contributed by atoms with E-state index in [2.05, 4.69) is 0 Å². The van der Waals surface area contributed by atoms with E-state index in [1.54, 1.807) is 78.9 Å². The molecule has 6 atom stereocenters. The Morgan fingerprint density at radius 3 is 2.30 bits per heavy atom. The number of hydrogen-bond acceptors (Lipinski definition) is 6. The van der Waals surface area contributed by atoms with Crippen LogP contribution in [0.1, 0.15) is 35.4 Å². The van der Waals surface area contributed by atoms with Gasteiger partial charge in [0, 0.05) is 23.0 Å². The van der Waals surface area contributed by atoms with E-state index in [1.165, 1.54) is 17.0 Å². The van der Waals surface area contributed by atoms with Gasteiger partial charge in [-0.05, 0) is 72.7 Å². The smallest absolute Gasteiger partial charge is 0.246 e. The number of carbonyl (C=O) groups excluding carboxylic acids is 4. The Hall–Kier alpha value is -5.28. The summed E-state index contributed by atoms with van der Waals surface area (Å²) in [7, 11) is 0. The van der Waals surface area contributed by atoms with Gasteiger partial charge < -0.3 is 10.2 Å². The molecule has 0 spiro atoms. The second-order valence-electron chi connectivity index (χ2n) is 13.5. The highest BCUT2D eigenvalue weighted by molar-refractivity contribution is 6.32. The van der Waals surface area contributed by atoms with Gasteiger partial charge in [-0.2, -0.15) is 0 Å². The zero-order chi connectivity index (χ0) is 34.9. The minimum Gasteiger partial charge on any atom is -0.508 e. The van der Waals surface area contributed by atoms with E-state index in [0.717, 1.165) is 16.5 Å². The van der Waals surface area contributed by atoms with E-state index in [0.29, 0.717) is 22.6 Å². The standard InChI is InChI=1S/C40H32ClFN2O6/c41-24-8-4-9-25(20-24)44-37(48)31-21-30-27(16-17-28-33(30)38(49)43(36(28)47)19-18-22-12-14-26(45)15-13-22)34(29-10-5-11-32(42)35(29)46)40(31,39(44)50)23-6-2-1-3-7-23/h1-16,20,28,30-31,33-34,45-46H,17-19,21H2. The first-order chi connectivity index (χ1) is 24.1. The third-order valence-electron chi connectivity index (χ3n) is 11.1. The summed E-state index contributed by atoms with van der Waals surface area (Å²) in [5.41, 5.74) is 0.784. The number of allylic oxidation sites excluding steroid dienone is 2. The zero-order valence-corrected chi connectivity index (χ0v) is 27.5. The van der Waals surface area contributed by atoms with Crippen LogP contribution in [0.3, 0.4) is 0 Å². The predicted molar refractivity (Wildman–Crippen MR) is 183 cm³/mol. The van der Waals surface area contributed by atoms with Crippen molar-refractivity contribution in [2.45, 2.75) is 30.6 Å². The first-order valence-corrected chi connectivity index (χ1v) is 17.0. The first kappa shape index (κ1) is 32.0. The van der Waals surface area contributed by atoms with Gasteiger partial charge in [0.15, 0.2) is 11.6 Å². The number of aromatic hydroxyl groups is 2. The van der Waals surface area contributed by atoms with Crippen LogP contribution in [0.25, 0.3) is 0 Å². The Labute approximate surface area is 292 Å². The van der Waals surface area contributed by atoms with Crippen LogP contribution in [0, 0.1) is 29.5 Å². The summed E-state index contributed by atoms with van der Waals surface area (Å²) in [6, 6.07) is 26.0. The van der Waals surface area contributed by atoms with Crippen molar-refractivity contribution in [1.82, 2.24) is 4.90 Å². The van der Waals surface area contributed by atoms with Gasteiger partial charge >= 0.3 is 0 Å². The number of phenols is 2. The van der Waals surface area contributed by atoms with Crippen molar-refractivity contribution in [3.8, 4) is 11.5 Å². The number of halogens is 2. The number of fused-ring (bicyclic) bond motifs is 4. The number of amides is 4. The summed E-state index contributed by atoms with van der Waals surface area (Å²) >= 11 is 6.34. The molecular weight excluding hydrogens is 659 g/mol. The van der Waals surface area contributed by atoms with Crippen molar-refractivity contribution in [3.05, 3.63) is 136 Å². The summed E-state index contributed by atoms with van der Waals surface area (Å²) in [4.78, 5) is 60.5. The third kappa shape index (κ3) is 4.63. The molecule has 3 fully saturated rings. The molecule has 2 N–H and O–H groups in total. The number of likely N-dealkylation sites (tertiary alicyclic amines) is 1. The summed E-state index contributed by atoms with van der Waals surface area (Å²) in [5, 5.41) is 21.3. The molecule has 0 bridgehead atoms. The van der Waals surface area contributed by atoms with Gasteiger partial charge in [0.1, 0.15) is 5.75 Å². The minimum absolute atomic E-state index is 0.0843. The lowest BCUT2D eigenvalue weighted by atomic mass is 9.49. The summed E-state index contributed by atoms with van der Waals surface area (Å²) in [5.74, 6) is -7.28. The highest BCUT2D eigenvalue weighted by Crippen LogP contribution is 2.65. The van der Waals surface area contributed by atoms with E-state index in [-0.39, 0.29) is 48.2 Å². The number of para-hydroxylation sites is 1. The molecule has 2 aliphatic heterocycles. The van der Waals surface area contributed by atoms with Gasteiger partial charge in [0.25, 0.3) is 0 Å². The lowest BCUT2D eigenvalue weighted by Gasteiger charge is -2.50. The molecule has 4 aromatic carbocycles. The van der Waals surface area contributed by atoms with Crippen molar-refractivity contribution in [3.63, 3.8) is 0 Å². The van der Waals surface area contributed by atoms with Crippen LogP contribution in [0.5, 0.6) is 11.5 Å². The monoisotopic (exact) mass is 690 g/mol. The van der Waals surface area contributed by atoms with E-state index in [4.69, 9.17) is 11.6 Å². The molecule has 1 saturated carbocycles. The van der Waals surface area contributed by atoms with Crippen molar-refractivity contribution >= 4 is 40.9 Å². The van der Waals surface area contributed by atoms with Crippen LogP contribution in [0.15, 0.2) is 109 Å². The fourth-order valence-corrected chi connectivity index (χ4v) is 9.23.